The van der Waals surface area contributed by atoms with Gasteiger partial charge in [0.2, 0.25) is 0 Å². The van der Waals surface area contributed by atoms with Crippen LogP contribution in [0.3, 0.4) is 0 Å². The molecule has 0 amide bonds. The van der Waals surface area contributed by atoms with E-state index in [9.17, 15) is 0 Å². The molecular formula is C5H9N2Rh-. The molecule has 0 aromatic rings. The van der Waals surface area contributed by atoms with Gasteiger partial charge in [-0.25, -0.2) is 0 Å². The van der Waals surface area contributed by atoms with Crippen LogP contribution in [0, 0.1) is 0 Å². The Balaban J connectivity index is 0. The predicted molar refractivity (Wildman–Crippen MR) is 32.4 cm³/mol. The van der Waals surface area contributed by atoms with Crippen molar-refractivity contribution < 1.29 is 19.5 Å². The maximum absolute atomic E-state index is 3.79. The summed E-state index contributed by atoms with van der Waals surface area (Å²) < 4.78 is 0. The second-order valence-corrected chi connectivity index (χ2v) is 1.14. The van der Waals surface area contributed by atoms with E-state index in [1.165, 1.54) is 0 Å². The normalized spacial score (nSPS) is 11.6. The summed E-state index contributed by atoms with van der Waals surface area (Å²) in [7, 11) is 3.39. The molecule has 0 spiro atoms. The maximum Gasteiger partial charge on any atom is 0.0246 e. The molecule has 1 radical (unpaired) electrons. The molecule has 0 N–H and O–H groups in total. The molecule has 8 heavy (non-hydrogen) atoms. The molecule has 0 aromatic heterocycles. The molecule has 0 aliphatic rings. The monoisotopic (exact) mass is 200 g/mol. The molecule has 0 saturated carbocycles. The van der Waals surface area contributed by atoms with Gasteiger partial charge in [0.1, 0.15) is 0 Å². The first-order valence-corrected chi connectivity index (χ1v) is 2.09. The van der Waals surface area contributed by atoms with Gasteiger partial charge in [0.15, 0.2) is 0 Å². The Morgan fingerprint density at radius 2 is 1.88 bits per heavy atom. The molecule has 0 aliphatic carbocycles. The molecule has 3 heteroatoms. The van der Waals surface area contributed by atoms with Crippen LogP contribution in [0.15, 0.2) is 9.98 Å². The van der Waals surface area contributed by atoms with Gasteiger partial charge >= 0.3 is 0 Å². The predicted octanol–water partition coefficient (Wildman–Crippen LogP) is 0.652. The van der Waals surface area contributed by atoms with Gasteiger partial charge in [-0.05, 0) is 7.05 Å². The third-order valence-corrected chi connectivity index (χ3v) is 0.609. The third-order valence-electron chi connectivity index (χ3n) is 0.609. The van der Waals surface area contributed by atoms with Crippen molar-refractivity contribution in [3.63, 3.8) is 0 Å². The standard InChI is InChI=1S/C5H9N2.Rh/c1-5(7-3)4-6-2;/h1-3H3;/q-1;. The molecule has 2 nitrogen and oxygen atoms in total. The minimum Gasteiger partial charge on any atom is -0.500 e. The molecule has 0 aromatic carbocycles. The van der Waals surface area contributed by atoms with Gasteiger partial charge in [-0.3, -0.25) is 0 Å². The fraction of sp³-hybridized carbons (Fsp3) is 0.600. The first kappa shape index (κ1) is 10.9. The van der Waals surface area contributed by atoms with Crippen molar-refractivity contribution in [3.05, 3.63) is 0 Å². The van der Waals surface area contributed by atoms with Crippen LogP contribution in [0.1, 0.15) is 6.92 Å². The van der Waals surface area contributed by atoms with Crippen molar-refractivity contribution in [2.75, 3.05) is 14.1 Å². The number of aliphatic imine (C=N–C) groups is 2. The molecule has 0 unspecified atom stereocenters. The SMILES string of the molecule is CN=[C-]C(C)=NC.[Rh]. The molecule has 49 valence electrons. The quantitative estimate of drug-likeness (QED) is 0.337. The Morgan fingerprint density at radius 1 is 1.38 bits per heavy atom. The topological polar surface area (TPSA) is 24.7 Å². The molecule has 0 atom stereocenters. The molecule has 0 saturated heterocycles. The van der Waals surface area contributed by atoms with Crippen LogP contribution in [0.25, 0.3) is 0 Å². The average Bonchev–Trinajstić information content (AvgIpc) is 1.68. The smallest absolute Gasteiger partial charge is 0.0246 e. The van der Waals surface area contributed by atoms with Crippen molar-refractivity contribution >= 4 is 11.9 Å². The summed E-state index contributed by atoms with van der Waals surface area (Å²) in [6.07, 6.45) is 2.67. The Labute approximate surface area is 62.9 Å². The first-order chi connectivity index (χ1) is 3.31. The number of nitrogens with zero attached hydrogens (tertiary/aromatic N) is 2. The van der Waals surface area contributed by atoms with Crippen LogP contribution >= 0.6 is 0 Å². The zero-order valence-electron chi connectivity index (χ0n) is 5.23. The van der Waals surface area contributed by atoms with Crippen molar-refractivity contribution in [1.29, 1.82) is 0 Å². The van der Waals surface area contributed by atoms with E-state index >= 15 is 0 Å². The fourth-order valence-corrected chi connectivity index (χ4v) is 0.212. The fourth-order valence-electron chi connectivity index (χ4n) is 0.212. The first-order valence-electron chi connectivity index (χ1n) is 2.09. The molecule has 0 bridgehead atoms. The summed E-state index contributed by atoms with van der Waals surface area (Å²) >= 11 is 0. The summed E-state index contributed by atoms with van der Waals surface area (Å²) in [6.45, 7) is 1.85. The summed E-state index contributed by atoms with van der Waals surface area (Å²) in [5.74, 6) is 0. The van der Waals surface area contributed by atoms with Crippen molar-refractivity contribution in [2.24, 2.45) is 9.98 Å². The van der Waals surface area contributed by atoms with Crippen LogP contribution < -0.4 is 0 Å². The molecule has 0 fully saturated rings. The van der Waals surface area contributed by atoms with Gasteiger partial charge in [-0.1, -0.05) is 6.92 Å². The Morgan fingerprint density at radius 3 is 2.00 bits per heavy atom. The second-order valence-electron chi connectivity index (χ2n) is 1.14. The Kier molecular flexibility index (Phi) is 9.45. The van der Waals surface area contributed by atoms with Gasteiger partial charge in [0.25, 0.3) is 0 Å². The summed E-state index contributed by atoms with van der Waals surface area (Å²) in [4.78, 5) is 7.42. The molecule has 0 rings (SSSR count). The Hall–Kier alpha value is -0.0366. The van der Waals surface area contributed by atoms with Crippen molar-refractivity contribution in [3.8, 4) is 0 Å². The van der Waals surface area contributed by atoms with E-state index in [4.69, 9.17) is 0 Å². The number of rotatable bonds is 1. The van der Waals surface area contributed by atoms with E-state index < -0.39 is 0 Å². The van der Waals surface area contributed by atoms with Gasteiger partial charge in [-0.15, -0.1) is 5.71 Å². The van der Waals surface area contributed by atoms with Crippen LogP contribution in [-0.2, 0) is 19.5 Å². The summed E-state index contributed by atoms with van der Waals surface area (Å²) in [6, 6.07) is 0. The van der Waals surface area contributed by atoms with Crippen LogP contribution in [0.5, 0.6) is 0 Å². The largest absolute Gasteiger partial charge is 0.500 e. The average molecular weight is 200 g/mol. The molecular weight excluding hydrogens is 191 g/mol. The second kappa shape index (κ2) is 6.96. The Bertz CT molecular complexity index is 96.6. The van der Waals surface area contributed by atoms with E-state index in [-0.39, 0.29) is 19.5 Å². The van der Waals surface area contributed by atoms with Crippen LogP contribution in [-0.4, -0.2) is 26.0 Å². The number of hydrogen-bond acceptors (Lipinski definition) is 2. The zero-order valence-corrected chi connectivity index (χ0v) is 6.87. The maximum atomic E-state index is 3.79. The molecule has 0 aliphatic heterocycles. The van der Waals surface area contributed by atoms with E-state index in [0.29, 0.717) is 0 Å². The molecule has 0 heterocycles. The van der Waals surface area contributed by atoms with Gasteiger partial charge < -0.3 is 16.2 Å². The van der Waals surface area contributed by atoms with E-state index in [1.54, 1.807) is 14.1 Å². The van der Waals surface area contributed by atoms with E-state index in [2.05, 4.69) is 16.2 Å². The zero-order chi connectivity index (χ0) is 5.70. The number of hydrogen-bond donors (Lipinski definition) is 0. The van der Waals surface area contributed by atoms with Gasteiger partial charge in [0, 0.05) is 26.5 Å². The van der Waals surface area contributed by atoms with Gasteiger partial charge in [-0.2, -0.15) is 0 Å². The van der Waals surface area contributed by atoms with Gasteiger partial charge in [0.05, 0.1) is 0 Å². The third kappa shape index (κ3) is 5.96. The van der Waals surface area contributed by atoms with Crippen LogP contribution in [0.2, 0.25) is 0 Å². The van der Waals surface area contributed by atoms with Crippen molar-refractivity contribution in [2.45, 2.75) is 6.92 Å². The minimum absolute atomic E-state index is 0. The van der Waals surface area contributed by atoms with E-state index in [0.717, 1.165) is 5.71 Å². The summed E-state index contributed by atoms with van der Waals surface area (Å²) in [5, 5.41) is 0. The van der Waals surface area contributed by atoms with Crippen LogP contribution in [0.4, 0.5) is 0 Å². The minimum atomic E-state index is 0. The summed E-state index contributed by atoms with van der Waals surface area (Å²) in [5.41, 5.74) is 0.836. The van der Waals surface area contributed by atoms with Crippen molar-refractivity contribution in [1.82, 2.24) is 0 Å². The van der Waals surface area contributed by atoms with E-state index in [1.807, 2.05) is 6.92 Å².